The van der Waals surface area contributed by atoms with Crippen LogP contribution in [0.25, 0.3) is 10.8 Å². The smallest absolute Gasteiger partial charge is 0.123 e. The molecule has 2 aromatic rings. The van der Waals surface area contributed by atoms with Crippen LogP contribution in [0.5, 0.6) is 5.75 Å². The van der Waals surface area contributed by atoms with E-state index in [2.05, 4.69) is 57.2 Å². The van der Waals surface area contributed by atoms with Crippen LogP contribution in [0.3, 0.4) is 0 Å². The monoisotopic (exact) mass is 271 g/mol. The van der Waals surface area contributed by atoms with Gasteiger partial charge in [-0.1, -0.05) is 51.1 Å². The quantitative estimate of drug-likeness (QED) is 0.886. The molecule has 0 aliphatic heterocycles. The fourth-order valence-electron chi connectivity index (χ4n) is 2.32. The van der Waals surface area contributed by atoms with Crippen molar-refractivity contribution in [3.8, 4) is 5.75 Å². The van der Waals surface area contributed by atoms with E-state index in [9.17, 15) is 0 Å². The maximum absolute atomic E-state index is 6.02. The van der Waals surface area contributed by atoms with Crippen LogP contribution < -0.4 is 10.5 Å². The lowest BCUT2D eigenvalue weighted by atomic mass is 9.93. The fraction of sp³-hybridized carbons (Fsp3) is 0.444. The third-order valence-corrected chi connectivity index (χ3v) is 3.50. The highest BCUT2D eigenvalue weighted by Gasteiger charge is 2.12. The fourth-order valence-corrected chi connectivity index (χ4v) is 2.32. The largest absolute Gasteiger partial charge is 0.493 e. The minimum absolute atomic E-state index is 0.297. The molecule has 0 aromatic heterocycles. The summed E-state index contributed by atoms with van der Waals surface area (Å²) in [7, 11) is 0. The third kappa shape index (κ3) is 3.73. The summed E-state index contributed by atoms with van der Waals surface area (Å²) in [4.78, 5) is 0. The summed E-state index contributed by atoms with van der Waals surface area (Å²) in [5, 5.41) is 2.50. The van der Waals surface area contributed by atoms with Crippen molar-refractivity contribution in [3.05, 3.63) is 42.0 Å². The maximum Gasteiger partial charge on any atom is 0.123 e. The van der Waals surface area contributed by atoms with Crippen molar-refractivity contribution in [2.45, 2.75) is 33.6 Å². The SMILES string of the molecule is CC(C)(C)CCOc1ccc2ccccc2c1CCN. The minimum Gasteiger partial charge on any atom is -0.493 e. The molecule has 0 spiro atoms. The van der Waals surface area contributed by atoms with E-state index in [1.54, 1.807) is 0 Å². The van der Waals surface area contributed by atoms with Crippen molar-refractivity contribution >= 4 is 10.8 Å². The number of nitrogens with two attached hydrogens (primary N) is 1. The van der Waals surface area contributed by atoms with Crippen molar-refractivity contribution in [3.63, 3.8) is 0 Å². The zero-order valence-electron chi connectivity index (χ0n) is 12.8. The van der Waals surface area contributed by atoms with E-state index in [1.165, 1.54) is 16.3 Å². The van der Waals surface area contributed by atoms with Crippen molar-refractivity contribution in [1.29, 1.82) is 0 Å². The molecule has 0 bridgehead atoms. The molecule has 0 unspecified atom stereocenters. The second-order valence-electron chi connectivity index (χ2n) is 6.46. The van der Waals surface area contributed by atoms with Crippen molar-refractivity contribution < 1.29 is 4.74 Å². The molecule has 20 heavy (non-hydrogen) atoms. The first kappa shape index (κ1) is 14.9. The van der Waals surface area contributed by atoms with E-state index in [0.29, 0.717) is 12.0 Å². The summed E-state index contributed by atoms with van der Waals surface area (Å²) in [6.45, 7) is 8.09. The van der Waals surface area contributed by atoms with E-state index in [1.807, 2.05) is 0 Å². The van der Waals surface area contributed by atoms with Crippen LogP contribution in [0.4, 0.5) is 0 Å². The summed E-state index contributed by atoms with van der Waals surface area (Å²) in [5.74, 6) is 0.985. The van der Waals surface area contributed by atoms with Crippen molar-refractivity contribution in [2.24, 2.45) is 11.1 Å². The van der Waals surface area contributed by atoms with Crippen LogP contribution in [-0.2, 0) is 6.42 Å². The van der Waals surface area contributed by atoms with E-state index >= 15 is 0 Å². The molecule has 2 heteroatoms. The molecule has 0 fully saturated rings. The molecule has 0 saturated heterocycles. The van der Waals surface area contributed by atoms with Gasteiger partial charge in [-0.3, -0.25) is 0 Å². The molecule has 0 radical (unpaired) electrons. The van der Waals surface area contributed by atoms with E-state index in [-0.39, 0.29) is 0 Å². The molecular weight excluding hydrogens is 246 g/mol. The van der Waals surface area contributed by atoms with Gasteiger partial charge in [0.1, 0.15) is 5.75 Å². The Kier molecular flexibility index (Phi) is 4.66. The van der Waals surface area contributed by atoms with Gasteiger partial charge in [-0.05, 0) is 41.6 Å². The normalized spacial score (nSPS) is 11.8. The van der Waals surface area contributed by atoms with Crippen LogP contribution in [0.15, 0.2) is 36.4 Å². The Morgan fingerprint density at radius 2 is 1.80 bits per heavy atom. The van der Waals surface area contributed by atoms with Gasteiger partial charge in [0.25, 0.3) is 0 Å². The Morgan fingerprint density at radius 1 is 1.05 bits per heavy atom. The number of hydrogen-bond acceptors (Lipinski definition) is 2. The van der Waals surface area contributed by atoms with Crippen molar-refractivity contribution in [1.82, 2.24) is 0 Å². The number of rotatable bonds is 5. The summed E-state index contributed by atoms with van der Waals surface area (Å²) in [6.07, 6.45) is 1.90. The number of fused-ring (bicyclic) bond motifs is 1. The Bertz CT molecular complexity index is 569. The average molecular weight is 271 g/mol. The lowest BCUT2D eigenvalue weighted by Crippen LogP contribution is -2.12. The first-order chi connectivity index (χ1) is 9.51. The molecular formula is C18H25NO. The van der Waals surface area contributed by atoms with Gasteiger partial charge in [-0.25, -0.2) is 0 Å². The molecule has 2 N–H and O–H groups in total. The van der Waals surface area contributed by atoms with Gasteiger partial charge in [0.15, 0.2) is 0 Å². The predicted octanol–water partition coefficient (Wildman–Crippen LogP) is 4.16. The lowest BCUT2D eigenvalue weighted by Gasteiger charge is -2.19. The minimum atomic E-state index is 0.297. The number of ether oxygens (including phenoxy) is 1. The Labute approximate surface area is 121 Å². The Morgan fingerprint density at radius 3 is 2.50 bits per heavy atom. The molecule has 0 amide bonds. The summed E-state index contributed by atoms with van der Waals surface area (Å²) >= 11 is 0. The van der Waals surface area contributed by atoms with Crippen LogP contribution in [-0.4, -0.2) is 13.2 Å². The van der Waals surface area contributed by atoms with Gasteiger partial charge >= 0.3 is 0 Å². The average Bonchev–Trinajstić information content (AvgIpc) is 2.40. The second kappa shape index (κ2) is 6.27. The second-order valence-corrected chi connectivity index (χ2v) is 6.46. The van der Waals surface area contributed by atoms with E-state index in [4.69, 9.17) is 10.5 Å². The molecule has 0 aliphatic carbocycles. The van der Waals surface area contributed by atoms with E-state index < -0.39 is 0 Å². The van der Waals surface area contributed by atoms with Crippen LogP contribution in [0, 0.1) is 5.41 Å². The molecule has 0 heterocycles. The number of hydrogen-bond donors (Lipinski definition) is 1. The maximum atomic E-state index is 6.02. The standard InChI is InChI=1S/C18H25NO/c1-18(2,3)11-13-20-17-9-8-14-6-4-5-7-15(14)16(17)10-12-19/h4-9H,10-13,19H2,1-3H3. The number of benzene rings is 2. The molecule has 0 saturated carbocycles. The highest BCUT2D eigenvalue weighted by Crippen LogP contribution is 2.29. The Balaban J connectivity index is 2.25. The van der Waals surface area contributed by atoms with Gasteiger partial charge in [-0.15, -0.1) is 0 Å². The third-order valence-electron chi connectivity index (χ3n) is 3.50. The highest BCUT2D eigenvalue weighted by molar-refractivity contribution is 5.87. The molecule has 2 nitrogen and oxygen atoms in total. The topological polar surface area (TPSA) is 35.2 Å². The first-order valence-electron chi connectivity index (χ1n) is 7.35. The molecule has 2 rings (SSSR count). The summed E-state index contributed by atoms with van der Waals surface area (Å²) in [6, 6.07) is 12.6. The zero-order chi connectivity index (χ0) is 14.6. The molecule has 2 aromatic carbocycles. The summed E-state index contributed by atoms with van der Waals surface area (Å²) in [5.41, 5.74) is 7.29. The van der Waals surface area contributed by atoms with Gasteiger partial charge < -0.3 is 10.5 Å². The first-order valence-corrected chi connectivity index (χ1v) is 7.35. The van der Waals surface area contributed by atoms with E-state index in [0.717, 1.165) is 25.2 Å². The van der Waals surface area contributed by atoms with Gasteiger partial charge in [0.05, 0.1) is 6.61 Å². The van der Waals surface area contributed by atoms with Gasteiger partial charge in [-0.2, -0.15) is 0 Å². The van der Waals surface area contributed by atoms with Crippen molar-refractivity contribution in [2.75, 3.05) is 13.2 Å². The van der Waals surface area contributed by atoms with Crippen LogP contribution in [0.1, 0.15) is 32.8 Å². The van der Waals surface area contributed by atoms with Gasteiger partial charge in [0.2, 0.25) is 0 Å². The van der Waals surface area contributed by atoms with Gasteiger partial charge in [0, 0.05) is 5.56 Å². The molecule has 0 atom stereocenters. The predicted molar refractivity (Wildman–Crippen MR) is 86.3 cm³/mol. The zero-order valence-corrected chi connectivity index (χ0v) is 12.8. The lowest BCUT2D eigenvalue weighted by molar-refractivity contribution is 0.241. The molecule has 0 aliphatic rings. The van der Waals surface area contributed by atoms with Crippen LogP contribution >= 0.6 is 0 Å². The van der Waals surface area contributed by atoms with Crippen LogP contribution in [0.2, 0.25) is 0 Å². The Hall–Kier alpha value is -1.54. The summed E-state index contributed by atoms with van der Waals surface area (Å²) < 4.78 is 6.02. The molecule has 108 valence electrons. The highest BCUT2D eigenvalue weighted by atomic mass is 16.5.